The Morgan fingerprint density at radius 2 is 1.57 bits per heavy atom. The summed E-state index contributed by atoms with van der Waals surface area (Å²) >= 11 is 0. The second-order valence-electron chi connectivity index (χ2n) is 5.77. The van der Waals surface area contributed by atoms with E-state index in [1.54, 1.807) is 0 Å². The van der Waals surface area contributed by atoms with Crippen LogP contribution >= 0.6 is 0 Å². The average Bonchev–Trinajstić information content (AvgIpc) is 2.68. The van der Waals surface area contributed by atoms with Crippen LogP contribution in [0.1, 0.15) is 16.1 Å². The van der Waals surface area contributed by atoms with Gasteiger partial charge in [-0.15, -0.1) is 13.2 Å². The van der Waals surface area contributed by atoms with Crippen molar-refractivity contribution in [1.29, 1.82) is 0 Å². The van der Waals surface area contributed by atoms with Crippen LogP contribution in [0.15, 0.2) is 55.2 Å². The van der Waals surface area contributed by atoms with E-state index >= 15 is 0 Å². The highest BCUT2D eigenvalue weighted by Crippen LogP contribution is 2.35. The molecule has 2 heterocycles. The molecule has 0 saturated heterocycles. The molecule has 0 aliphatic heterocycles. The molecule has 0 unspecified atom stereocenters. The number of benzene rings is 1. The largest absolute Gasteiger partial charge is 0.573 e. The lowest BCUT2D eigenvalue weighted by molar-refractivity contribution is -0.274. The van der Waals surface area contributed by atoms with Gasteiger partial charge in [-0.05, 0) is 30.3 Å². The lowest BCUT2D eigenvalue weighted by Crippen LogP contribution is -2.17. The summed E-state index contributed by atoms with van der Waals surface area (Å²) < 4.78 is 80.1. The van der Waals surface area contributed by atoms with Gasteiger partial charge in [-0.2, -0.15) is 13.2 Å². The second-order valence-corrected chi connectivity index (χ2v) is 5.77. The highest BCUT2D eigenvalue weighted by atomic mass is 19.4. The number of aromatic nitrogens is 3. The lowest BCUT2D eigenvalue weighted by Gasteiger charge is -2.13. The highest BCUT2D eigenvalue weighted by molar-refractivity contribution is 6.04. The van der Waals surface area contributed by atoms with Crippen molar-refractivity contribution in [3.05, 3.63) is 66.5 Å². The van der Waals surface area contributed by atoms with Crippen LogP contribution in [0.25, 0.3) is 11.1 Å². The Bertz CT molecular complexity index is 1040. The highest BCUT2D eigenvalue weighted by Gasteiger charge is 2.36. The van der Waals surface area contributed by atoms with Gasteiger partial charge in [0, 0.05) is 35.4 Å². The molecule has 0 fully saturated rings. The van der Waals surface area contributed by atoms with Gasteiger partial charge in [0.15, 0.2) is 5.69 Å². The molecule has 0 aliphatic carbocycles. The van der Waals surface area contributed by atoms with Crippen molar-refractivity contribution in [3.63, 3.8) is 0 Å². The molecule has 2 aromatic heterocycles. The molecular formula is C18H10F6N4O2. The summed E-state index contributed by atoms with van der Waals surface area (Å²) in [5, 5.41) is 2.36. The molecule has 0 radical (unpaired) electrons. The number of hydrogen-bond acceptors (Lipinski definition) is 5. The molecule has 30 heavy (non-hydrogen) atoms. The van der Waals surface area contributed by atoms with Crippen LogP contribution in [0, 0.1) is 0 Å². The summed E-state index contributed by atoms with van der Waals surface area (Å²) in [6.45, 7) is 0. The van der Waals surface area contributed by atoms with E-state index in [-0.39, 0.29) is 16.8 Å². The van der Waals surface area contributed by atoms with E-state index in [0.29, 0.717) is 0 Å². The number of pyridine rings is 1. The molecule has 0 saturated carbocycles. The van der Waals surface area contributed by atoms with Gasteiger partial charge >= 0.3 is 12.5 Å². The lowest BCUT2D eigenvalue weighted by atomic mass is 10.0. The van der Waals surface area contributed by atoms with Gasteiger partial charge in [0.2, 0.25) is 0 Å². The molecule has 12 heteroatoms. The maximum Gasteiger partial charge on any atom is 0.573 e. The predicted octanol–water partition coefficient (Wildman–Crippen LogP) is 4.71. The first kappa shape index (κ1) is 21.0. The van der Waals surface area contributed by atoms with E-state index in [0.717, 1.165) is 55.2 Å². The van der Waals surface area contributed by atoms with Crippen LogP contribution in [-0.2, 0) is 6.18 Å². The number of hydrogen-bond donors (Lipinski definition) is 1. The van der Waals surface area contributed by atoms with Crippen LogP contribution < -0.4 is 10.1 Å². The SMILES string of the molecule is O=C(Nc1ccc(OC(F)(F)F)cc1)c1cnc(C(F)(F)F)c(-c2cncnc2)c1. The fourth-order valence-corrected chi connectivity index (χ4v) is 2.42. The van der Waals surface area contributed by atoms with Crippen molar-refractivity contribution < 1.29 is 35.9 Å². The normalized spacial score (nSPS) is 11.8. The van der Waals surface area contributed by atoms with Crippen molar-refractivity contribution in [2.75, 3.05) is 5.32 Å². The number of anilines is 1. The van der Waals surface area contributed by atoms with Gasteiger partial charge in [0.05, 0.1) is 5.56 Å². The van der Waals surface area contributed by atoms with Crippen molar-refractivity contribution >= 4 is 11.6 Å². The van der Waals surface area contributed by atoms with E-state index in [1.165, 1.54) is 0 Å². The minimum Gasteiger partial charge on any atom is -0.406 e. The number of alkyl halides is 6. The summed E-state index contributed by atoms with van der Waals surface area (Å²) in [4.78, 5) is 23.1. The Labute approximate surface area is 164 Å². The number of carbonyl (C=O) groups excluding carboxylic acids is 1. The summed E-state index contributed by atoms with van der Waals surface area (Å²) in [5.74, 6) is -1.32. The molecule has 3 aromatic rings. The van der Waals surface area contributed by atoms with Crippen molar-refractivity contribution in [2.24, 2.45) is 0 Å². The molecule has 0 spiro atoms. The molecule has 6 nitrogen and oxygen atoms in total. The number of ether oxygens (including phenoxy) is 1. The molecule has 156 valence electrons. The summed E-state index contributed by atoms with van der Waals surface area (Å²) in [5.41, 5.74) is -1.73. The van der Waals surface area contributed by atoms with Gasteiger partial charge in [-0.1, -0.05) is 0 Å². The van der Waals surface area contributed by atoms with Gasteiger partial charge < -0.3 is 10.1 Å². The third kappa shape index (κ3) is 5.21. The number of nitrogens with one attached hydrogen (secondary N) is 1. The van der Waals surface area contributed by atoms with Crippen molar-refractivity contribution in [2.45, 2.75) is 12.5 Å². The molecule has 1 amide bonds. The Morgan fingerprint density at radius 1 is 0.933 bits per heavy atom. The number of halogens is 6. The van der Waals surface area contributed by atoms with E-state index in [4.69, 9.17) is 0 Å². The van der Waals surface area contributed by atoms with E-state index in [1.807, 2.05) is 0 Å². The number of amides is 1. The fraction of sp³-hybridized carbons (Fsp3) is 0.111. The molecule has 0 bridgehead atoms. The molecule has 1 N–H and O–H groups in total. The minimum absolute atomic E-state index is 0.000581. The summed E-state index contributed by atoms with van der Waals surface area (Å²) in [7, 11) is 0. The van der Waals surface area contributed by atoms with Gasteiger partial charge in [0.1, 0.15) is 12.1 Å². The zero-order chi connectivity index (χ0) is 21.9. The van der Waals surface area contributed by atoms with Gasteiger partial charge in [-0.25, -0.2) is 9.97 Å². The van der Waals surface area contributed by atoms with Crippen LogP contribution in [-0.4, -0.2) is 27.2 Å². The van der Waals surface area contributed by atoms with Crippen molar-refractivity contribution in [3.8, 4) is 16.9 Å². The Hall–Kier alpha value is -3.70. The van der Waals surface area contributed by atoms with E-state index in [2.05, 4.69) is 25.0 Å². The summed E-state index contributed by atoms with van der Waals surface area (Å²) in [6, 6.07) is 5.21. The monoisotopic (exact) mass is 428 g/mol. The Morgan fingerprint density at radius 3 is 2.13 bits per heavy atom. The Balaban J connectivity index is 1.86. The third-order valence-electron chi connectivity index (χ3n) is 3.64. The maximum absolute atomic E-state index is 13.3. The Kier molecular flexibility index (Phi) is 5.58. The van der Waals surface area contributed by atoms with Gasteiger partial charge in [0.25, 0.3) is 5.91 Å². The molecule has 0 atom stereocenters. The smallest absolute Gasteiger partial charge is 0.406 e. The third-order valence-corrected chi connectivity index (χ3v) is 3.64. The first-order valence-corrected chi connectivity index (χ1v) is 8.03. The number of nitrogens with zero attached hydrogens (tertiary/aromatic N) is 3. The van der Waals surface area contributed by atoms with Crippen LogP contribution in [0.5, 0.6) is 5.75 Å². The first-order chi connectivity index (χ1) is 14.0. The second kappa shape index (κ2) is 7.97. The molecule has 3 rings (SSSR count). The summed E-state index contributed by atoms with van der Waals surface area (Å²) in [6.07, 6.45) is -5.50. The topological polar surface area (TPSA) is 77.0 Å². The van der Waals surface area contributed by atoms with E-state index < -0.39 is 35.5 Å². The minimum atomic E-state index is -4.87. The van der Waals surface area contributed by atoms with Crippen LogP contribution in [0.4, 0.5) is 32.0 Å². The zero-order valence-electron chi connectivity index (χ0n) is 14.6. The van der Waals surface area contributed by atoms with Crippen LogP contribution in [0.3, 0.4) is 0 Å². The molecule has 0 aliphatic rings. The van der Waals surface area contributed by atoms with Crippen LogP contribution in [0.2, 0.25) is 0 Å². The predicted molar refractivity (Wildman–Crippen MR) is 91.3 cm³/mol. The van der Waals surface area contributed by atoms with E-state index in [9.17, 15) is 31.1 Å². The number of rotatable bonds is 4. The quantitative estimate of drug-likeness (QED) is 0.610. The standard InChI is InChI=1S/C18H10F6N4O2/c19-17(20,21)15-14(11-6-25-9-26-7-11)5-10(8-27-15)16(29)28-12-1-3-13(4-2-12)30-18(22,23)24/h1-9H,(H,28,29). The maximum atomic E-state index is 13.3. The molecule has 1 aromatic carbocycles. The average molecular weight is 428 g/mol. The van der Waals surface area contributed by atoms with Gasteiger partial charge in [-0.3, -0.25) is 9.78 Å². The number of carbonyl (C=O) groups is 1. The first-order valence-electron chi connectivity index (χ1n) is 8.03. The molecular weight excluding hydrogens is 418 g/mol. The zero-order valence-corrected chi connectivity index (χ0v) is 14.6. The van der Waals surface area contributed by atoms with Crippen molar-refractivity contribution in [1.82, 2.24) is 15.0 Å². The fourth-order valence-electron chi connectivity index (χ4n) is 2.42.